The molecule has 0 aliphatic heterocycles. The highest BCUT2D eigenvalue weighted by Gasteiger charge is 2.12. The molecule has 0 fully saturated rings. The third-order valence-corrected chi connectivity index (χ3v) is 2.83. The van der Waals surface area contributed by atoms with Crippen LogP contribution in [0.3, 0.4) is 0 Å². The van der Waals surface area contributed by atoms with Crippen LogP contribution in [0.5, 0.6) is 0 Å². The number of hydrogen-bond donors (Lipinski definition) is 1. The Kier molecular flexibility index (Phi) is 3.55. The molecule has 0 saturated heterocycles. The van der Waals surface area contributed by atoms with Crippen LogP contribution < -0.4 is 5.73 Å². The van der Waals surface area contributed by atoms with Crippen molar-refractivity contribution < 1.29 is 8.78 Å². The molecule has 0 amide bonds. The van der Waals surface area contributed by atoms with E-state index < -0.39 is 6.43 Å². The van der Waals surface area contributed by atoms with E-state index >= 15 is 0 Å². The normalized spacial score (nSPS) is 10.9. The number of aromatic nitrogens is 1. The molecule has 1 heterocycles. The molecule has 2 N–H and O–H groups in total. The molecule has 13 heavy (non-hydrogen) atoms. The molecule has 72 valence electrons. The van der Waals surface area contributed by atoms with Crippen LogP contribution in [0.4, 0.5) is 8.78 Å². The molecule has 0 radical (unpaired) electrons. The van der Waals surface area contributed by atoms with Crippen molar-refractivity contribution in [2.45, 2.75) is 19.9 Å². The van der Waals surface area contributed by atoms with Crippen LogP contribution in [0.15, 0.2) is 6.07 Å². The average Bonchev–Trinajstić information content (AvgIpc) is 2.09. The van der Waals surface area contributed by atoms with Gasteiger partial charge < -0.3 is 5.73 Å². The zero-order valence-electron chi connectivity index (χ0n) is 7.02. The van der Waals surface area contributed by atoms with Crippen molar-refractivity contribution >= 4 is 22.6 Å². The lowest BCUT2D eigenvalue weighted by Crippen LogP contribution is -2.05. The van der Waals surface area contributed by atoms with E-state index in [1.807, 2.05) is 29.5 Å². The first-order valence-electron chi connectivity index (χ1n) is 3.70. The standard InChI is InChI=1S/C8H9F2IN2/c1-4-5(3-12)2-6(7(9)10)13-8(4)11/h2,7H,3,12H2,1H3. The van der Waals surface area contributed by atoms with Gasteiger partial charge in [-0.15, -0.1) is 0 Å². The molecule has 0 aliphatic carbocycles. The van der Waals surface area contributed by atoms with Gasteiger partial charge in [0.2, 0.25) is 0 Å². The molecule has 1 aromatic heterocycles. The molecule has 0 spiro atoms. The molecular formula is C8H9F2IN2. The number of nitrogens with two attached hydrogens (primary N) is 1. The zero-order chi connectivity index (χ0) is 10.0. The van der Waals surface area contributed by atoms with Crippen molar-refractivity contribution in [1.82, 2.24) is 4.98 Å². The topological polar surface area (TPSA) is 38.9 Å². The van der Waals surface area contributed by atoms with Crippen molar-refractivity contribution in [2.24, 2.45) is 5.73 Å². The van der Waals surface area contributed by atoms with Gasteiger partial charge in [-0.05, 0) is 46.7 Å². The lowest BCUT2D eigenvalue weighted by molar-refractivity contribution is 0.145. The Balaban J connectivity index is 3.22. The predicted molar refractivity (Wildman–Crippen MR) is 54.5 cm³/mol. The molecule has 0 bridgehead atoms. The molecule has 1 rings (SSSR count). The first-order chi connectivity index (χ1) is 6.06. The van der Waals surface area contributed by atoms with Crippen LogP contribution in [0.25, 0.3) is 0 Å². The molecule has 0 atom stereocenters. The Morgan fingerprint density at radius 1 is 1.62 bits per heavy atom. The van der Waals surface area contributed by atoms with Gasteiger partial charge in [-0.25, -0.2) is 13.8 Å². The van der Waals surface area contributed by atoms with E-state index in [4.69, 9.17) is 5.73 Å². The van der Waals surface area contributed by atoms with Gasteiger partial charge in [0, 0.05) is 6.54 Å². The van der Waals surface area contributed by atoms with Crippen molar-refractivity contribution in [3.8, 4) is 0 Å². The third kappa shape index (κ3) is 2.34. The summed E-state index contributed by atoms with van der Waals surface area (Å²) in [7, 11) is 0. The van der Waals surface area contributed by atoms with E-state index in [9.17, 15) is 8.78 Å². The SMILES string of the molecule is Cc1c(CN)cc(C(F)F)nc1I. The molecule has 0 saturated carbocycles. The summed E-state index contributed by atoms with van der Waals surface area (Å²) in [6.07, 6.45) is -2.53. The highest BCUT2D eigenvalue weighted by molar-refractivity contribution is 14.1. The fraction of sp³-hybridized carbons (Fsp3) is 0.375. The van der Waals surface area contributed by atoms with Crippen LogP contribution in [0.2, 0.25) is 0 Å². The summed E-state index contributed by atoms with van der Waals surface area (Å²) < 4.78 is 25.2. The van der Waals surface area contributed by atoms with Gasteiger partial charge in [0.1, 0.15) is 9.39 Å². The Morgan fingerprint density at radius 3 is 2.69 bits per heavy atom. The second kappa shape index (κ2) is 4.28. The van der Waals surface area contributed by atoms with E-state index in [2.05, 4.69) is 4.98 Å². The second-order valence-corrected chi connectivity index (χ2v) is 3.65. The minimum atomic E-state index is -2.53. The molecule has 2 nitrogen and oxygen atoms in total. The van der Waals surface area contributed by atoms with Gasteiger partial charge in [-0.1, -0.05) is 0 Å². The maximum Gasteiger partial charge on any atom is 0.280 e. The number of halogens is 3. The van der Waals surface area contributed by atoms with Gasteiger partial charge >= 0.3 is 0 Å². The van der Waals surface area contributed by atoms with E-state index in [0.29, 0.717) is 3.70 Å². The van der Waals surface area contributed by atoms with E-state index in [1.165, 1.54) is 6.07 Å². The van der Waals surface area contributed by atoms with Gasteiger partial charge in [-0.2, -0.15) is 0 Å². The average molecular weight is 298 g/mol. The van der Waals surface area contributed by atoms with Crippen LogP contribution >= 0.6 is 22.6 Å². The van der Waals surface area contributed by atoms with Crippen molar-refractivity contribution in [3.05, 3.63) is 26.6 Å². The lowest BCUT2D eigenvalue weighted by atomic mass is 10.1. The van der Waals surface area contributed by atoms with Crippen LogP contribution in [-0.2, 0) is 6.54 Å². The first kappa shape index (κ1) is 10.8. The maximum absolute atomic E-state index is 12.3. The zero-order valence-corrected chi connectivity index (χ0v) is 9.18. The van der Waals surface area contributed by atoms with Gasteiger partial charge in [-0.3, -0.25) is 0 Å². The van der Waals surface area contributed by atoms with Crippen molar-refractivity contribution in [2.75, 3.05) is 0 Å². The second-order valence-electron chi connectivity index (χ2n) is 2.63. The smallest absolute Gasteiger partial charge is 0.280 e. The van der Waals surface area contributed by atoms with Crippen LogP contribution in [0.1, 0.15) is 23.2 Å². The lowest BCUT2D eigenvalue weighted by Gasteiger charge is -2.07. The van der Waals surface area contributed by atoms with E-state index in [0.717, 1.165) is 11.1 Å². The largest absolute Gasteiger partial charge is 0.326 e. The first-order valence-corrected chi connectivity index (χ1v) is 4.78. The summed E-state index contributed by atoms with van der Waals surface area (Å²) in [4.78, 5) is 3.76. The predicted octanol–water partition coefficient (Wildman–Crippen LogP) is 2.39. The third-order valence-electron chi connectivity index (χ3n) is 1.78. The Labute approximate surface area is 88.7 Å². The summed E-state index contributed by atoms with van der Waals surface area (Å²) in [5.74, 6) is 0. The van der Waals surface area contributed by atoms with Crippen LogP contribution in [0, 0.1) is 10.6 Å². The Morgan fingerprint density at radius 2 is 2.23 bits per heavy atom. The molecule has 0 aliphatic rings. The number of rotatable bonds is 2. The minimum Gasteiger partial charge on any atom is -0.326 e. The van der Waals surface area contributed by atoms with Crippen LogP contribution in [-0.4, -0.2) is 4.98 Å². The fourth-order valence-electron chi connectivity index (χ4n) is 0.973. The summed E-state index contributed by atoms with van der Waals surface area (Å²) in [6.45, 7) is 2.09. The molecule has 0 aromatic carbocycles. The van der Waals surface area contributed by atoms with E-state index in [-0.39, 0.29) is 12.2 Å². The Hall–Kier alpha value is -0.300. The minimum absolute atomic E-state index is 0.199. The summed E-state index contributed by atoms with van der Waals surface area (Å²) in [5, 5.41) is 0. The number of alkyl halides is 2. The van der Waals surface area contributed by atoms with Crippen molar-refractivity contribution in [3.63, 3.8) is 0 Å². The number of nitrogens with zero attached hydrogens (tertiary/aromatic N) is 1. The summed E-state index contributed by atoms with van der Waals surface area (Å²) in [5.41, 5.74) is 6.83. The number of hydrogen-bond acceptors (Lipinski definition) is 2. The fourth-order valence-corrected chi connectivity index (χ4v) is 1.60. The quantitative estimate of drug-likeness (QED) is 0.672. The van der Waals surface area contributed by atoms with Gasteiger partial charge in [0.05, 0.1) is 0 Å². The number of pyridine rings is 1. The maximum atomic E-state index is 12.3. The highest BCUT2D eigenvalue weighted by Crippen LogP contribution is 2.22. The Bertz CT molecular complexity index is 315. The molecular weight excluding hydrogens is 289 g/mol. The van der Waals surface area contributed by atoms with E-state index in [1.54, 1.807) is 0 Å². The summed E-state index contributed by atoms with van der Waals surface area (Å²) in [6, 6.07) is 1.36. The summed E-state index contributed by atoms with van der Waals surface area (Å²) >= 11 is 1.93. The highest BCUT2D eigenvalue weighted by atomic mass is 127. The monoisotopic (exact) mass is 298 g/mol. The molecule has 5 heteroatoms. The van der Waals surface area contributed by atoms with Gasteiger partial charge in [0.25, 0.3) is 6.43 Å². The molecule has 0 unspecified atom stereocenters. The van der Waals surface area contributed by atoms with Crippen molar-refractivity contribution in [1.29, 1.82) is 0 Å². The molecule has 1 aromatic rings. The van der Waals surface area contributed by atoms with Gasteiger partial charge in [0.15, 0.2) is 0 Å².